The lowest BCUT2D eigenvalue weighted by atomic mass is 10.0. The molecule has 0 aromatic heterocycles. The molecule has 0 unspecified atom stereocenters. The van der Waals surface area contributed by atoms with E-state index >= 15 is 0 Å². The van der Waals surface area contributed by atoms with Gasteiger partial charge >= 0.3 is 0 Å². The summed E-state index contributed by atoms with van der Waals surface area (Å²) in [5.41, 5.74) is 1.75. The summed E-state index contributed by atoms with van der Waals surface area (Å²) >= 11 is 12.5. The van der Waals surface area contributed by atoms with Gasteiger partial charge in [0.1, 0.15) is 18.3 Å². The van der Waals surface area contributed by atoms with E-state index in [-0.39, 0.29) is 29.6 Å². The smallest absolute Gasteiger partial charge is 0.244 e. The Morgan fingerprint density at radius 3 is 2.29 bits per heavy atom. The van der Waals surface area contributed by atoms with Crippen molar-refractivity contribution in [2.24, 2.45) is 0 Å². The van der Waals surface area contributed by atoms with E-state index in [1.807, 2.05) is 37.3 Å². The Labute approximate surface area is 252 Å². The maximum atomic E-state index is 14.1. The van der Waals surface area contributed by atoms with Crippen molar-refractivity contribution in [2.75, 3.05) is 30.8 Å². The number of sulfonamides is 1. The molecule has 1 N–H and O–H groups in total. The largest absolute Gasteiger partial charge is 0.495 e. The lowest BCUT2D eigenvalue weighted by Crippen LogP contribution is -2.53. The fraction of sp³-hybridized carbons (Fsp3) is 0.333. The summed E-state index contributed by atoms with van der Waals surface area (Å²) in [4.78, 5) is 29.1. The first-order chi connectivity index (χ1) is 19.5. The first-order valence-electron chi connectivity index (χ1n) is 13.2. The second-order valence-corrected chi connectivity index (χ2v) is 12.3. The molecule has 0 aliphatic rings. The Hall–Kier alpha value is -3.27. The van der Waals surface area contributed by atoms with Gasteiger partial charge in [-0.3, -0.25) is 13.9 Å². The molecule has 11 heteroatoms. The van der Waals surface area contributed by atoms with Crippen LogP contribution in [0.3, 0.4) is 0 Å². The van der Waals surface area contributed by atoms with Gasteiger partial charge in [-0.15, -0.1) is 0 Å². The molecule has 0 aliphatic heterocycles. The van der Waals surface area contributed by atoms with Crippen LogP contribution in [0.4, 0.5) is 5.69 Å². The highest BCUT2D eigenvalue weighted by Crippen LogP contribution is 2.30. The van der Waals surface area contributed by atoms with Crippen molar-refractivity contribution in [1.29, 1.82) is 0 Å². The Bertz CT molecular complexity index is 1440. The molecule has 0 saturated heterocycles. The van der Waals surface area contributed by atoms with Gasteiger partial charge in [0, 0.05) is 24.5 Å². The summed E-state index contributed by atoms with van der Waals surface area (Å²) in [5.74, 6) is -0.519. The summed E-state index contributed by atoms with van der Waals surface area (Å²) in [6.45, 7) is 1.97. The van der Waals surface area contributed by atoms with Crippen LogP contribution >= 0.6 is 23.2 Å². The molecule has 220 valence electrons. The van der Waals surface area contributed by atoms with Crippen molar-refractivity contribution in [3.63, 3.8) is 0 Å². The first-order valence-corrected chi connectivity index (χ1v) is 15.8. The van der Waals surface area contributed by atoms with Gasteiger partial charge in [-0.1, -0.05) is 79.0 Å². The van der Waals surface area contributed by atoms with Crippen molar-refractivity contribution in [3.8, 4) is 5.75 Å². The van der Waals surface area contributed by atoms with E-state index in [0.29, 0.717) is 22.9 Å². The molecule has 3 aromatic carbocycles. The van der Waals surface area contributed by atoms with E-state index in [1.165, 1.54) is 30.2 Å². The molecule has 0 bridgehead atoms. The maximum absolute atomic E-state index is 14.1. The van der Waals surface area contributed by atoms with Gasteiger partial charge in [-0.2, -0.15) is 0 Å². The van der Waals surface area contributed by atoms with Crippen LogP contribution in [0.1, 0.15) is 30.9 Å². The third-order valence-corrected chi connectivity index (χ3v) is 8.12. The number of anilines is 1. The summed E-state index contributed by atoms with van der Waals surface area (Å²) in [5, 5.41) is 3.62. The number of halogens is 2. The van der Waals surface area contributed by atoms with Gasteiger partial charge in [-0.25, -0.2) is 8.42 Å². The fourth-order valence-electron chi connectivity index (χ4n) is 4.32. The average molecular weight is 621 g/mol. The van der Waals surface area contributed by atoms with Crippen LogP contribution in [-0.4, -0.2) is 57.6 Å². The van der Waals surface area contributed by atoms with Gasteiger partial charge in [0.2, 0.25) is 21.8 Å². The van der Waals surface area contributed by atoms with Gasteiger partial charge in [-0.05, 0) is 47.9 Å². The van der Waals surface area contributed by atoms with Crippen LogP contribution < -0.4 is 14.4 Å². The molecule has 0 spiro atoms. The molecule has 0 fully saturated rings. The Balaban J connectivity index is 2.04. The molecule has 1 atom stereocenters. The molecule has 2 amide bonds. The molecule has 3 rings (SSSR count). The van der Waals surface area contributed by atoms with Crippen molar-refractivity contribution >= 4 is 50.7 Å². The predicted molar refractivity (Wildman–Crippen MR) is 164 cm³/mol. The molecule has 0 aliphatic carbocycles. The zero-order valence-corrected chi connectivity index (χ0v) is 25.7. The third kappa shape index (κ3) is 9.38. The van der Waals surface area contributed by atoms with E-state index in [2.05, 4.69) is 5.32 Å². The minimum absolute atomic E-state index is 0.0407. The van der Waals surface area contributed by atoms with Crippen molar-refractivity contribution in [3.05, 3.63) is 94.0 Å². The number of carbonyl (C=O) groups is 2. The van der Waals surface area contributed by atoms with E-state index in [4.69, 9.17) is 27.9 Å². The second-order valence-electron chi connectivity index (χ2n) is 9.59. The lowest BCUT2D eigenvalue weighted by molar-refractivity contribution is -0.140. The lowest BCUT2D eigenvalue weighted by Gasteiger charge is -2.33. The number of hydrogen-bond acceptors (Lipinski definition) is 5. The van der Waals surface area contributed by atoms with Crippen molar-refractivity contribution in [1.82, 2.24) is 10.2 Å². The number of ether oxygens (including phenoxy) is 1. The van der Waals surface area contributed by atoms with Gasteiger partial charge in [0.05, 0.1) is 24.1 Å². The molecule has 0 heterocycles. The molecule has 0 radical (unpaired) electrons. The Kier molecular flexibility index (Phi) is 11.9. The summed E-state index contributed by atoms with van der Waals surface area (Å²) < 4.78 is 32.0. The monoisotopic (exact) mass is 619 g/mol. The summed E-state index contributed by atoms with van der Waals surface area (Å²) in [6, 6.07) is 19.9. The molecule has 41 heavy (non-hydrogen) atoms. The first kappa shape index (κ1) is 32.2. The zero-order chi connectivity index (χ0) is 30.0. The number of rotatable bonds is 14. The summed E-state index contributed by atoms with van der Waals surface area (Å²) in [7, 11) is -2.47. The SMILES string of the molecule is CCCCNC(=O)[C@@H](Cc1ccccc1)N(Cc1cccc(Cl)c1)C(=O)CN(c1ccc(OC)c(Cl)c1)S(C)(=O)=O. The normalized spacial score (nSPS) is 11.9. The van der Waals surface area contributed by atoms with E-state index < -0.39 is 28.5 Å². The van der Waals surface area contributed by atoms with E-state index in [9.17, 15) is 18.0 Å². The number of nitrogens with zero attached hydrogens (tertiary/aromatic N) is 2. The van der Waals surface area contributed by atoms with Gasteiger partial charge in [0.15, 0.2) is 0 Å². The van der Waals surface area contributed by atoms with Crippen LogP contribution in [0.15, 0.2) is 72.8 Å². The van der Waals surface area contributed by atoms with Gasteiger partial charge < -0.3 is 15.0 Å². The third-order valence-electron chi connectivity index (χ3n) is 6.45. The Morgan fingerprint density at radius 2 is 1.68 bits per heavy atom. The van der Waals surface area contributed by atoms with Crippen molar-refractivity contribution in [2.45, 2.75) is 38.8 Å². The number of methoxy groups -OCH3 is 1. The molecular weight excluding hydrogens is 585 g/mol. The number of hydrogen-bond donors (Lipinski definition) is 1. The molecular formula is C30H35Cl2N3O5S. The fourth-order valence-corrected chi connectivity index (χ4v) is 5.62. The van der Waals surface area contributed by atoms with Crippen LogP contribution in [-0.2, 0) is 32.6 Å². The average Bonchev–Trinajstić information content (AvgIpc) is 2.93. The van der Waals surface area contributed by atoms with Crippen LogP contribution in [0, 0.1) is 0 Å². The highest BCUT2D eigenvalue weighted by molar-refractivity contribution is 7.92. The van der Waals surface area contributed by atoms with Crippen LogP contribution in [0.2, 0.25) is 10.0 Å². The molecule has 0 saturated carbocycles. The maximum Gasteiger partial charge on any atom is 0.244 e. The van der Waals surface area contributed by atoms with E-state index in [1.54, 1.807) is 24.3 Å². The second kappa shape index (κ2) is 15.1. The summed E-state index contributed by atoms with van der Waals surface area (Å²) in [6.07, 6.45) is 2.92. The van der Waals surface area contributed by atoms with Crippen LogP contribution in [0.25, 0.3) is 0 Å². The quantitative estimate of drug-likeness (QED) is 0.246. The number of benzene rings is 3. The molecule has 8 nitrogen and oxygen atoms in total. The topological polar surface area (TPSA) is 96.0 Å². The van der Waals surface area contributed by atoms with Crippen LogP contribution in [0.5, 0.6) is 5.75 Å². The Morgan fingerprint density at radius 1 is 0.976 bits per heavy atom. The molecule has 3 aromatic rings. The minimum Gasteiger partial charge on any atom is -0.495 e. The predicted octanol–water partition coefficient (Wildman–Crippen LogP) is 5.32. The highest BCUT2D eigenvalue weighted by Gasteiger charge is 2.33. The number of nitrogens with one attached hydrogen (secondary N) is 1. The van der Waals surface area contributed by atoms with Crippen molar-refractivity contribution < 1.29 is 22.7 Å². The zero-order valence-electron chi connectivity index (χ0n) is 23.3. The van der Waals surface area contributed by atoms with E-state index in [0.717, 1.165) is 29.0 Å². The highest BCUT2D eigenvalue weighted by atomic mass is 35.5. The number of carbonyl (C=O) groups excluding carboxylic acids is 2. The number of unbranched alkanes of at least 4 members (excludes halogenated alkanes) is 1. The minimum atomic E-state index is -3.92. The van der Waals surface area contributed by atoms with Gasteiger partial charge in [0.25, 0.3) is 0 Å². The standard InChI is InChI=1S/C30H35Cl2N3O5S/c1-4-5-16-33-30(37)27(18-22-10-7-6-8-11-22)34(20-23-12-9-13-24(31)17-23)29(36)21-35(41(3,38)39)25-14-15-28(40-2)26(32)19-25/h6-15,17,19,27H,4-5,16,18,20-21H2,1-3H3,(H,33,37)/t27-/m1/s1. The number of amides is 2.